The van der Waals surface area contributed by atoms with Crippen LogP contribution in [0.4, 0.5) is 0 Å². The van der Waals surface area contributed by atoms with E-state index in [1.165, 1.54) is 23.1 Å². The molecule has 4 rings (SSSR count). The van der Waals surface area contributed by atoms with Crippen molar-refractivity contribution in [3.63, 3.8) is 0 Å². The third-order valence-corrected chi connectivity index (χ3v) is 6.32. The van der Waals surface area contributed by atoms with Crippen molar-refractivity contribution in [2.45, 2.75) is 34.5 Å². The largest absolute Gasteiger partial charge is 0.489 e. The van der Waals surface area contributed by atoms with Gasteiger partial charge in [-0.2, -0.15) is 0 Å². The van der Waals surface area contributed by atoms with Crippen LogP contribution in [0.3, 0.4) is 0 Å². The van der Waals surface area contributed by atoms with Gasteiger partial charge in [-0.25, -0.2) is 9.78 Å². The van der Waals surface area contributed by atoms with Gasteiger partial charge in [0.25, 0.3) is 0 Å². The van der Waals surface area contributed by atoms with Crippen LogP contribution in [0, 0.1) is 6.92 Å². The number of nitrogens with zero attached hydrogens (tertiary/aromatic N) is 1. The summed E-state index contributed by atoms with van der Waals surface area (Å²) in [6.45, 7) is 4.91. The Labute approximate surface area is 202 Å². The topological polar surface area (TPSA) is 57.7 Å². The van der Waals surface area contributed by atoms with Crippen LogP contribution in [0.15, 0.2) is 60.1 Å². The quantitative estimate of drug-likeness (QED) is 0.195. The van der Waals surface area contributed by atoms with Crippen molar-refractivity contribution in [2.24, 2.45) is 0 Å². The van der Waals surface area contributed by atoms with Crippen LogP contribution >= 0.6 is 22.9 Å². The summed E-state index contributed by atoms with van der Waals surface area (Å²) in [6.07, 6.45) is 1.46. The highest BCUT2D eigenvalue weighted by Crippen LogP contribution is 2.34. The Morgan fingerprint density at radius 1 is 1.03 bits per heavy atom. The van der Waals surface area contributed by atoms with Gasteiger partial charge in [0.05, 0.1) is 16.9 Å². The van der Waals surface area contributed by atoms with Crippen molar-refractivity contribution in [2.75, 3.05) is 6.61 Å². The number of thiophene rings is 1. The van der Waals surface area contributed by atoms with E-state index in [2.05, 4.69) is 24.0 Å². The van der Waals surface area contributed by atoms with Crippen LogP contribution < -0.4 is 9.47 Å². The molecule has 0 saturated heterocycles. The number of fused-ring (bicyclic) bond motifs is 1. The molecule has 0 radical (unpaired) electrons. The normalized spacial score (nSPS) is 10.5. The molecular weight excluding hydrogens is 458 g/mol. The number of esters is 1. The number of rotatable bonds is 8. The highest BCUT2D eigenvalue weighted by atomic mass is 35.5. The molecular formula is C26H26ClNO4S. The smallest absolute Gasteiger partial charge is 0.341 e. The van der Waals surface area contributed by atoms with E-state index >= 15 is 0 Å². The fraction of sp³-hybridized carbons (Fsp3) is 0.231. The van der Waals surface area contributed by atoms with Crippen LogP contribution in [0.5, 0.6) is 11.5 Å². The summed E-state index contributed by atoms with van der Waals surface area (Å²) in [4.78, 5) is 16.4. The van der Waals surface area contributed by atoms with Gasteiger partial charge in [-0.05, 0) is 42.5 Å². The minimum absolute atomic E-state index is 0. The molecule has 0 atom stereocenters. The molecule has 0 aliphatic heterocycles. The van der Waals surface area contributed by atoms with Gasteiger partial charge >= 0.3 is 5.97 Å². The second-order valence-electron chi connectivity index (χ2n) is 7.13. The van der Waals surface area contributed by atoms with E-state index in [1.807, 2.05) is 41.8 Å². The summed E-state index contributed by atoms with van der Waals surface area (Å²) in [5.41, 5.74) is 3.61. The molecule has 0 aliphatic rings. The number of benzene rings is 2. The zero-order chi connectivity index (χ0) is 22.5. The summed E-state index contributed by atoms with van der Waals surface area (Å²) in [6, 6.07) is 15.7. The molecule has 0 saturated carbocycles. The number of carbonyl (C=O) groups is 1. The van der Waals surface area contributed by atoms with Crippen molar-refractivity contribution in [3.8, 4) is 11.5 Å². The molecule has 172 valence electrons. The number of hydrogen-bond acceptors (Lipinski definition) is 6. The van der Waals surface area contributed by atoms with Crippen molar-refractivity contribution < 1.29 is 19.0 Å². The number of hydrogen-bond donors (Lipinski definition) is 0. The summed E-state index contributed by atoms with van der Waals surface area (Å²) in [7, 11) is 0. The van der Waals surface area contributed by atoms with Crippen molar-refractivity contribution in [1.29, 1.82) is 0 Å². The van der Waals surface area contributed by atoms with E-state index in [4.69, 9.17) is 25.8 Å². The monoisotopic (exact) mass is 483 g/mol. The van der Waals surface area contributed by atoms with E-state index in [9.17, 15) is 4.79 Å². The fourth-order valence-corrected chi connectivity index (χ4v) is 4.65. The van der Waals surface area contributed by atoms with Gasteiger partial charge in [0.15, 0.2) is 0 Å². The molecule has 0 spiro atoms. The molecule has 4 aromatic rings. The van der Waals surface area contributed by atoms with Gasteiger partial charge in [-0.1, -0.05) is 49.4 Å². The number of halogens is 1. The van der Waals surface area contributed by atoms with Crippen LogP contribution in [0.25, 0.3) is 10.1 Å². The Balaban J connectivity index is 0.00000306. The van der Waals surface area contributed by atoms with Gasteiger partial charge in [0.2, 0.25) is 0 Å². The molecule has 0 bridgehead atoms. The summed E-state index contributed by atoms with van der Waals surface area (Å²) >= 11 is 7.77. The third-order valence-electron chi connectivity index (χ3n) is 4.98. The maximum Gasteiger partial charge on any atom is 0.341 e. The Kier molecular flexibility index (Phi) is 8.31. The number of ether oxygens (including phenoxy) is 3. The highest BCUT2D eigenvalue weighted by Gasteiger charge is 2.18. The minimum atomic E-state index is -0.408. The predicted molar refractivity (Wildman–Crippen MR) is 134 cm³/mol. The first-order chi connectivity index (χ1) is 15.6. The first kappa shape index (κ1) is 24.6. The Morgan fingerprint density at radius 2 is 1.73 bits per heavy atom. The standard InChI is InChI=1S/C25H22ClNO4S.CH4/c1-3-29-25(28)21-12-27-24(26)22-18(15-32-23(21)22)14-31-20-10-6-9-19(11-20)30-13-17-8-5-4-7-16(17)2;/h4-12,15H,3,13-14H2,1-2H3;1H4. The second-order valence-corrected chi connectivity index (χ2v) is 8.36. The van der Waals surface area contributed by atoms with Gasteiger partial charge in [-0.15, -0.1) is 11.3 Å². The average Bonchev–Trinajstić information content (AvgIpc) is 3.23. The molecule has 0 amide bonds. The van der Waals surface area contributed by atoms with Crippen molar-refractivity contribution in [3.05, 3.63) is 87.5 Å². The lowest BCUT2D eigenvalue weighted by atomic mass is 10.1. The molecule has 0 fully saturated rings. The van der Waals surface area contributed by atoms with Gasteiger partial charge in [0.1, 0.15) is 29.9 Å². The van der Waals surface area contributed by atoms with Crippen molar-refractivity contribution >= 4 is 39.0 Å². The van der Waals surface area contributed by atoms with E-state index in [0.717, 1.165) is 21.6 Å². The SMILES string of the molecule is C.CCOC(=O)c1cnc(Cl)c2c(COc3cccc(OCc4ccccc4C)c3)csc12. The van der Waals surface area contributed by atoms with Crippen LogP contribution in [-0.2, 0) is 18.0 Å². The van der Waals surface area contributed by atoms with Crippen LogP contribution in [-0.4, -0.2) is 17.6 Å². The molecule has 5 nitrogen and oxygen atoms in total. The Hall–Kier alpha value is -3.09. The van der Waals surface area contributed by atoms with Gasteiger partial charge in [0, 0.05) is 23.2 Å². The number of pyridine rings is 1. The summed E-state index contributed by atoms with van der Waals surface area (Å²) in [5, 5.41) is 2.98. The lowest BCUT2D eigenvalue weighted by molar-refractivity contribution is 0.0528. The zero-order valence-corrected chi connectivity index (χ0v) is 19.3. The number of aryl methyl sites for hydroxylation is 1. The zero-order valence-electron chi connectivity index (χ0n) is 17.8. The van der Waals surface area contributed by atoms with Crippen LogP contribution in [0.1, 0.15) is 41.4 Å². The fourth-order valence-electron chi connectivity index (χ4n) is 3.27. The molecule has 2 heterocycles. The lowest BCUT2D eigenvalue weighted by Crippen LogP contribution is -2.05. The molecule has 0 N–H and O–H groups in total. The van der Waals surface area contributed by atoms with E-state index in [-0.39, 0.29) is 14.0 Å². The first-order valence-electron chi connectivity index (χ1n) is 10.2. The molecule has 0 aliphatic carbocycles. The minimum Gasteiger partial charge on any atom is -0.489 e. The van der Waals surface area contributed by atoms with E-state index < -0.39 is 5.97 Å². The molecule has 7 heteroatoms. The molecule has 2 aromatic heterocycles. The molecule has 33 heavy (non-hydrogen) atoms. The van der Waals surface area contributed by atoms with Crippen LogP contribution in [0.2, 0.25) is 5.15 Å². The Morgan fingerprint density at radius 3 is 2.42 bits per heavy atom. The second kappa shape index (κ2) is 11.2. The Bertz CT molecular complexity index is 1250. The molecule has 2 aromatic carbocycles. The molecule has 0 unspecified atom stereocenters. The summed E-state index contributed by atoms with van der Waals surface area (Å²) < 4.78 is 17.8. The first-order valence-corrected chi connectivity index (χ1v) is 11.4. The number of carbonyl (C=O) groups excluding carboxylic acids is 1. The lowest BCUT2D eigenvalue weighted by Gasteiger charge is -2.11. The average molecular weight is 484 g/mol. The highest BCUT2D eigenvalue weighted by molar-refractivity contribution is 7.17. The van der Waals surface area contributed by atoms with Crippen molar-refractivity contribution in [1.82, 2.24) is 4.98 Å². The third kappa shape index (κ3) is 5.64. The summed E-state index contributed by atoms with van der Waals surface area (Å²) in [5.74, 6) is 0.997. The number of aromatic nitrogens is 1. The maximum atomic E-state index is 12.2. The van der Waals surface area contributed by atoms with Gasteiger partial charge < -0.3 is 14.2 Å². The van der Waals surface area contributed by atoms with E-state index in [0.29, 0.717) is 35.1 Å². The van der Waals surface area contributed by atoms with E-state index in [1.54, 1.807) is 6.92 Å². The van der Waals surface area contributed by atoms with Gasteiger partial charge in [-0.3, -0.25) is 0 Å². The maximum absolute atomic E-state index is 12.2. The predicted octanol–water partition coefficient (Wildman–Crippen LogP) is 7.23.